The highest BCUT2D eigenvalue weighted by atomic mass is 35.5. The minimum absolute atomic E-state index is 0. The summed E-state index contributed by atoms with van der Waals surface area (Å²) in [4.78, 5) is 2.73. The molecule has 7 N–H and O–H groups in total. The normalized spacial score (nSPS) is 25.5. The zero-order chi connectivity index (χ0) is 19.4. The zero-order valence-corrected chi connectivity index (χ0v) is 20.3. The van der Waals surface area contributed by atoms with Crippen LogP contribution in [0.1, 0.15) is 72.6 Å². The first-order valence-electron chi connectivity index (χ1n) is 11.4. The summed E-state index contributed by atoms with van der Waals surface area (Å²) >= 11 is 6.18. The van der Waals surface area contributed by atoms with Crippen molar-refractivity contribution in [2.45, 2.75) is 78.7 Å². The Morgan fingerprint density at radius 1 is 1.07 bits per heavy atom. The fourth-order valence-corrected chi connectivity index (χ4v) is 5.71. The van der Waals surface area contributed by atoms with Crippen LogP contribution in [0.15, 0.2) is 22.8 Å². The van der Waals surface area contributed by atoms with E-state index in [-0.39, 0.29) is 16.4 Å². The topological polar surface area (TPSA) is 110 Å². The molecule has 0 aromatic rings. The van der Waals surface area contributed by atoms with E-state index in [0.717, 1.165) is 23.8 Å². The quantitative estimate of drug-likeness (QED) is 0.645. The van der Waals surface area contributed by atoms with Crippen molar-refractivity contribution in [2.24, 2.45) is 23.2 Å². The third-order valence-corrected chi connectivity index (χ3v) is 7.60. The largest absolute Gasteiger partial charge is 0.412 e. The average molecular weight is 447 g/mol. The summed E-state index contributed by atoms with van der Waals surface area (Å²) in [6, 6.07) is 0.619. The van der Waals surface area contributed by atoms with E-state index in [0.29, 0.717) is 23.3 Å². The second-order valence-corrected chi connectivity index (χ2v) is 10.8. The molecular weight excluding hydrogens is 400 g/mol. The minimum Gasteiger partial charge on any atom is -0.412 e. The maximum Gasteiger partial charge on any atom is 0.0218 e. The first-order chi connectivity index (χ1) is 12.8. The highest BCUT2D eigenvalue weighted by molar-refractivity contribution is 6.29. The summed E-state index contributed by atoms with van der Waals surface area (Å²) in [6.07, 6.45) is 13.7. The minimum atomic E-state index is 0. The molecular formula is C24H47ClN2O3. The van der Waals surface area contributed by atoms with Crippen LogP contribution < -0.4 is 5.32 Å². The van der Waals surface area contributed by atoms with Crippen LogP contribution in [0.2, 0.25) is 0 Å². The van der Waals surface area contributed by atoms with E-state index in [1.807, 2.05) is 0 Å². The second-order valence-electron chi connectivity index (χ2n) is 10.3. The highest BCUT2D eigenvalue weighted by Gasteiger charge is 2.38. The van der Waals surface area contributed by atoms with Crippen molar-refractivity contribution < 1.29 is 16.4 Å². The van der Waals surface area contributed by atoms with Crippen LogP contribution in [-0.4, -0.2) is 53.5 Å². The summed E-state index contributed by atoms with van der Waals surface area (Å²) < 4.78 is 0. The summed E-state index contributed by atoms with van der Waals surface area (Å²) in [7, 11) is 0. The molecule has 5 nitrogen and oxygen atoms in total. The Bertz CT molecular complexity index is 557. The Balaban J connectivity index is 0.00000280. The molecule has 178 valence electrons. The maximum atomic E-state index is 6.18. The van der Waals surface area contributed by atoms with Gasteiger partial charge in [-0.15, -0.1) is 0 Å². The molecule has 0 amide bonds. The molecule has 0 spiro atoms. The van der Waals surface area contributed by atoms with E-state index >= 15 is 0 Å². The lowest BCUT2D eigenvalue weighted by Gasteiger charge is -2.47. The Labute approximate surface area is 189 Å². The molecule has 1 saturated carbocycles. The van der Waals surface area contributed by atoms with Gasteiger partial charge in [-0.1, -0.05) is 63.8 Å². The number of halogens is 1. The third-order valence-electron chi connectivity index (χ3n) is 7.29. The van der Waals surface area contributed by atoms with Gasteiger partial charge in [-0.05, 0) is 74.4 Å². The molecule has 0 radical (unpaired) electrons. The lowest BCUT2D eigenvalue weighted by molar-refractivity contribution is 0.0600. The van der Waals surface area contributed by atoms with Crippen LogP contribution in [0.25, 0.3) is 0 Å². The number of allylic oxidation sites excluding steroid dienone is 4. The van der Waals surface area contributed by atoms with E-state index in [9.17, 15) is 0 Å². The van der Waals surface area contributed by atoms with Crippen molar-refractivity contribution >= 4 is 11.6 Å². The SMILES string of the molecule is CC(C)[C@H](CN1CCC(C2=CC=C(Cl)CC2)C(C)(C)C1)NCC1CCCC1.O.O.O. The van der Waals surface area contributed by atoms with Crippen LogP contribution >= 0.6 is 11.6 Å². The Morgan fingerprint density at radius 3 is 2.27 bits per heavy atom. The van der Waals surface area contributed by atoms with E-state index in [1.54, 1.807) is 5.57 Å². The number of likely N-dealkylation sites (tertiary alicyclic amines) is 1. The average Bonchev–Trinajstić information content (AvgIpc) is 3.12. The predicted octanol–water partition coefficient (Wildman–Crippen LogP) is 3.51. The van der Waals surface area contributed by atoms with E-state index in [2.05, 4.69) is 50.1 Å². The summed E-state index contributed by atoms with van der Waals surface area (Å²) in [5.74, 6) is 2.32. The summed E-state index contributed by atoms with van der Waals surface area (Å²) in [6.45, 7) is 14.6. The van der Waals surface area contributed by atoms with Crippen LogP contribution in [0.3, 0.4) is 0 Å². The summed E-state index contributed by atoms with van der Waals surface area (Å²) in [5, 5.41) is 4.96. The van der Waals surface area contributed by atoms with Gasteiger partial charge in [-0.25, -0.2) is 0 Å². The molecule has 2 fully saturated rings. The molecule has 30 heavy (non-hydrogen) atoms. The fraction of sp³-hybridized carbons (Fsp3) is 0.833. The van der Waals surface area contributed by atoms with Gasteiger partial charge >= 0.3 is 0 Å². The van der Waals surface area contributed by atoms with Gasteiger partial charge in [0.2, 0.25) is 0 Å². The maximum absolute atomic E-state index is 6.18. The monoisotopic (exact) mass is 446 g/mol. The molecule has 1 aliphatic heterocycles. The highest BCUT2D eigenvalue weighted by Crippen LogP contribution is 2.42. The third kappa shape index (κ3) is 7.92. The van der Waals surface area contributed by atoms with Gasteiger partial charge < -0.3 is 26.6 Å². The van der Waals surface area contributed by atoms with Gasteiger partial charge in [0.1, 0.15) is 0 Å². The van der Waals surface area contributed by atoms with Crippen molar-refractivity contribution in [1.29, 1.82) is 0 Å². The van der Waals surface area contributed by atoms with Gasteiger partial charge in [0.25, 0.3) is 0 Å². The number of nitrogens with zero attached hydrogens (tertiary/aromatic N) is 1. The van der Waals surface area contributed by atoms with E-state index in [4.69, 9.17) is 11.6 Å². The zero-order valence-electron chi connectivity index (χ0n) is 19.6. The smallest absolute Gasteiger partial charge is 0.0218 e. The number of rotatable bonds is 7. The summed E-state index contributed by atoms with van der Waals surface area (Å²) in [5.41, 5.74) is 1.97. The number of hydrogen-bond acceptors (Lipinski definition) is 2. The van der Waals surface area contributed by atoms with Crippen molar-refractivity contribution in [3.05, 3.63) is 22.8 Å². The van der Waals surface area contributed by atoms with Gasteiger partial charge in [0, 0.05) is 24.2 Å². The Hall–Kier alpha value is -0.430. The molecule has 3 rings (SSSR count). The van der Waals surface area contributed by atoms with Crippen LogP contribution in [-0.2, 0) is 0 Å². The predicted molar refractivity (Wildman–Crippen MR) is 129 cm³/mol. The number of nitrogens with one attached hydrogen (secondary N) is 1. The van der Waals surface area contributed by atoms with E-state index in [1.165, 1.54) is 58.3 Å². The fourth-order valence-electron chi connectivity index (χ4n) is 5.55. The van der Waals surface area contributed by atoms with Gasteiger partial charge in [-0.2, -0.15) is 0 Å². The lowest BCUT2D eigenvalue weighted by atomic mass is 9.68. The van der Waals surface area contributed by atoms with E-state index < -0.39 is 0 Å². The van der Waals surface area contributed by atoms with Crippen molar-refractivity contribution in [3.8, 4) is 0 Å². The van der Waals surface area contributed by atoms with Crippen LogP contribution in [0, 0.1) is 23.2 Å². The molecule has 3 aliphatic rings. The van der Waals surface area contributed by atoms with Crippen molar-refractivity contribution in [1.82, 2.24) is 10.2 Å². The molecule has 2 atom stereocenters. The van der Waals surface area contributed by atoms with Gasteiger partial charge in [-0.3, -0.25) is 0 Å². The molecule has 0 bridgehead atoms. The van der Waals surface area contributed by atoms with Crippen LogP contribution in [0.4, 0.5) is 0 Å². The number of piperidine rings is 1. The Kier molecular flexibility index (Phi) is 13.0. The van der Waals surface area contributed by atoms with Crippen LogP contribution in [0.5, 0.6) is 0 Å². The molecule has 2 aliphatic carbocycles. The first kappa shape index (κ1) is 29.6. The first-order valence-corrected chi connectivity index (χ1v) is 11.7. The van der Waals surface area contributed by atoms with Gasteiger partial charge in [0.05, 0.1) is 0 Å². The second kappa shape index (κ2) is 13.2. The Morgan fingerprint density at radius 2 is 1.73 bits per heavy atom. The molecule has 1 unspecified atom stereocenters. The molecule has 1 saturated heterocycles. The lowest BCUT2D eigenvalue weighted by Crippen LogP contribution is -2.52. The standard InChI is InChI=1S/C24H41ClN2.3H2O/c1-18(2)23(26-15-19-7-5-6-8-19)16-27-14-13-22(24(3,4)17-27)20-9-11-21(25)12-10-20;;;/h9,11,18-19,22-23,26H,5-8,10,12-17H2,1-4H3;3*1H2/t22?,23-;;;/m0.../s1. The molecule has 0 aromatic carbocycles. The molecule has 0 aromatic heterocycles. The van der Waals surface area contributed by atoms with Crippen molar-refractivity contribution in [3.63, 3.8) is 0 Å². The van der Waals surface area contributed by atoms with Gasteiger partial charge in [0.15, 0.2) is 0 Å². The molecule has 6 heteroatoms. The van der Waals surface area contributed by atoms with Crippen molar-refractivity contribution in [2.75, 3.05) is 26.2 Å². The molecule has 1 heterocycles. The number of hydrogen-bond donors (Lipinski definition) is 1.